The monoisotopic (exact) mass is 302 g/mol. The second-order valence-corrected chi connectivity index (χ2v) is 5.39. The van der Waals surface area contributed by atoms with E-state index in [0.717, 1.165) is 17.7 Å². The molecule has 0 radical (unpaired) electrons. The summed E-state index contributed by atoms with van der Waals surface area (Å²) in [4.78, 5) is 18.4. The number of halogens is 1. The summed E-state index contributed by atoms with van der Waals surface area (Å²) in [6.07, 6.45) is 5.55. The molecule has 0 saturated carbocycles. The van der Waals surface area contributed by atoms with Gasteiger partial charge in [-0.05, 0) is 6.07 Å². The molecule has 0 unspecified atom stereocenters. The van der Waals surface area contributed by atoms with E-state index in [1.54, 1.807) is 23.4 Å². The van der Waals surface area contributed by atoms with Gasteiger partial charge in [0.15, 0.2) is 11.3 Å². The molecule has 0 saturated heterocycles. The first-order valence-electron chi connectivity index (χ1n) is 6.56. The van der Waals surface area contributed by atoms with Crippen molar-refractivity contribution >= 4 is 23.2 Å². The molecule has 4 heterocycles. The summed E-state index contributed by atoms with van der Waals surface area (Å²) >= 11 is 5.87. The van der Waals surface area contributed by atoms with Crippen molar-refractivity contribution in [2.24, 2.45) is 0 Å². The second-order valence-electron chi connectivity index (χ2n) is 4.95. The van der Waals surface area contributed by atoms with Crippen molar-refractivity contribution in [3.05, 3.63) is 52.8 Å². The molecule has 7 heteroatoms. The highest BCUT2D eigenvalue weighted by Gasteiger charge is 2.25. The number of nitrogens with zero attached hydrogens (tertiary/aromatic N) is 4. The Labute approximate surface area is 124 Å². The van der Waals surface area contributed by atoms with Gasteiger partial charge in [0.05, 0.1) is 17.5 Å². The number of furan rings is 1. The highest BCUT2D eigenvalue weighted by molar-refractivity contribution is 6.30. The predicted molar refractivity (Wildman–Crippen MR) is 75.1 cm³/mol. The van der Waals surface area contributed by atoms with Crippen molar-refractivity contribution in [3.63, 3.8) is 0 Å². The second kappa shape index (κ2) is 4.60. The van der Waals surface area contributed by atoms with Crippen LogP contribution in [0.5, 0.6) is 0 Å². The van der Waals surface area contributed by atoms with Crippen molar-refractivity contribution < 1.29 is 9.21 Å². The van der Waals surface area contributed by atoms with Gasteiger partial charge >= 0.3 is 0 Å². The van der Waals surface area contributed by atoms with Gasteiger partial charge in [-0.2, -0.15) is 5.10 Å². The molecular formula is C14H11ClN4O2. The molecule has 1 aliphatic rings. The van der Waals surface area contributed by atoms with Gasteiger partial charge in [0.1, 0.15) is 5.76 Å². The number of carbonyl (C=O) groups is 1. The first-order chi connectivity index (χ1) is 10.2. The Bertz CT molecular complexity index is 838. The van der Waals surface area contributed by atoms with Crippen LogP contribution in [-0.2, 0) is 13.0 Å². The molecule has 0 aromatic carbocycles. The molecule has 4 rings (SSSR count). The van der Waals surface area contributed by atoms with Crippen LogP contribution in [0.4, 0.5) is 0 Å². The SMILES string of the molecule is O=C(c1cc2ncc(Cl)cn2n1)N1CCc2occc2C1. The first kappa shape index (κ1) is 12.4. The fraction of sp³-hybridized carbons (Fsp3) is 0.214. The molecule has 0 spiro atoms. The van der Waals surface area contributed by atoms with Crippen LogP contribution in [0.15, 0.2) is 35.2 Å². The zero-order valence-electron chi connectivity index (χ0n) is 11.0. The number of carbonyl (C=O) groups excluding carboxylic acids is 1. The number of aromatic nitrogens is 3. The van der Waals surface area contributed by atoms with E-state index in [0.29, 0.717) is 29.5 Å². The number of hydrogen-bond donors (Lipinski definition) is 0. The van der Waals surface area contributed by atoms with Gasteiger partial charge in [-0.1, -0.05) is 11.6 Å². The summed E-state index contributed by atoms with van der Waals surface area (Å²) in [6, 6.07) is 3.57. The van der Waals surface area contributed by atoms with E-state index < -0.39 is 0 Å². The standard InChI is InChI=1S/C14H11ClN4O2/c15-10-6-16-13-5-11(17-19(13)8-10)14(20)18-3-1-12-9(7-18)2-4-21-12/h2,4-6,8H,1,3,7H2. The average molecular weight is 303 g/mol. The summed E-state index contributed by atoms with van der Waals surface area (Å²) in [5.74, 6) is 0.853. The highest BCUT2D eigenvalue weighted by Crippen LogP contribution is 2.21. The van der Waals surface area contributed by atoms with E-state index in [1.165, 1.54) is 10.7 Å². The Kier molecular flexibility index (Phi) is 2.71. The van der Waals surface area contributed by atoms with Crippen LogP contribution in [0.2, 0.25) is 5.02 Å². The molecule has 0 N–H and O–H groups in total. The van der Waals surface area contributed by atoms with Crippen molar-refractivity contribution in [1.82, 2.24) is 19.5 Å². The molecule has 6 nitrogen and oxygen atoms in total. The van der Waals surface area contributed by atoms with Crippen LogP contribution in [0, 0.1) is 0 Å². The Morgan fingerprint density at radius 1 is 1.43 bits per heavy atom. The van der Waals surface area contributed by atoms with Gasteiger partial charge in [0, 0.05) is 37.3 Å². The summed E-state index contributed by atoms with van der Waals surface area (Å²) in [6.45, 7) is 1.17. The van der Waals surface area contributed by atoms with E-state index in [-0.39, 0.29) is 5.91 Å². The lowest BCUT2D eigenvalue weighted by atomic mass is 10.1. The summed E-state index contributed by atoms with van der Waals surface area (Å²) < 4.78 is 6.89. The fourth-order valence-corrected chi connectivity index (χ4v) is 2.68. The normalized spacial score (nSPS) is 14.4. The lowest BCUT2D eigenvalue weighted by molar-refractivity contribution is 0.0723. The smallest absolute Gasteiger partial charge is 0.274 e. The van der Waals surface area contributed by atoms with Crippen molar-refractivity contribution in [2.75, 3.05) is 6.54 Å². The van der Waals surface area contributed by atoms with Crippen molar-refractivity contribution in [3.8, 4) is 0 Å². The third kappa shape index (κ3) is 2.08. The van der Waals surface area contributed by atoms with E-state index >= 15 is 0 Å². The molecule has 3 aromatic heterocycles. The quantitative estimate of drug-likeness (QED) is 0.691. The summed E-state index contributed by atoms with van der Waals surface area (Å²) in [5, 5.41) is 4.72. The van der Waals surface area contributed by atoms with Crippen molar-refractivity contribution in [2.45, 2.75) is 13.0 Å². The van der Waals surface area contributed by atoms with Crippen LogP contribution in [-0.4, -0.2) is 31.9 Å². The Hall–Kier alpha value is -2.34. The maximum atomic E-state index is 12.5. The van der Waals surface area contributed by atoms with Crippen LogP contribution < -0.4 is 0 Å². The Balaban J connectivity index is 1.64. The summed E-state index contributed by atoms with van der Waals surface area (Å²) in [5.41, 5.74) is 2.03. The third-order valence-corrected chi connectivity index (χ3v) is 3.79. The molecule has 0 bridgehead atoms. The van der Waals surface area contributed by atoms with E-state index in [1.807, 2.05) is 6.07 Å². The van der Waals surface area contributed by atoms with Crippen LogP contribution >= 0.6 is 11.6 Å². The maximum absolute atomic E-state index is 12.5. The third-order valence-electron chi connectivity index (χ3n) is 3.60. The van der Waals surface area contributed by atoms with Crippen molar-refractivity contribution in [1.29, 1.82) is 0 Å². The molecule has 0 aliphatic carbocycles. The maximum Gasteiger partial charge on any atom is 0.274 e. The largest absolute Gasteiger partial charge is 0.469 e. The van der Waals surface area contributed by atoms with Crippen LogP contribution in [0.3, 0.4) is 0 Å². The number of rotatable bonds is 1. The van der Waals surface area contributed by atoms with Gasteiger partial charge in [-0.15, -0.1) is 0 Å². The molecule has 3 aromatic rings. The zero-order chi connectivity index (χ0) is 14.4. The number of hydrogen-bond acceptors (Lipinski definition) is 4. The number of amides is 1. The molecule has 1 amide bonds. The highest BCUT2D eigenvalue weighted by atomic mass is 35.5. The molecular weight excluding hydrogens is 292 g/mol. The minimum Gasteiger partial charge on any atom is -0.469 e. The minimum atomic E-state index is -0.108. The molecule has 21 heavy (non-hydrogen) atoms. The van der Waals surface area contributed by atoms with E-state index in [9.17, 15) is 4.79 Å². The van der Waals surface area contributed by atoms with E-state index in [4.69, 9.17) is 16.0 Å². The molecule has 106 valence electrons. The van der Waals surface area contributed by atoms with Gasteiger partial charge in [0.2, 0.25) is 0 Å². The Morgan fingerprint density at radius 2 is 2.33 bits per heavy atom. The minimum absolute atomic E-state index is 0.108. The van der Waals surface area contributed by atoms with Gasteiger partial charge in [-0.25, -0.2) is 9.50 Å². The van der Waals surface area contributed by atoms with Gasteiger partial charge in [-0.3, -0.25) is 4.79 Å². The van der Waals surface area contributed by atoms with Crippen LogP contribution in [0.1, 0.15) is 21.8 Å². The van der Waals surface area contributed by atoms with Crippen LogP contribution in [0.25, 0.3) is 5.65 Å². The van der Waals surface area contributed by atoms with Gasteiger partial charge < -0.3 is 9.32 Å². The number of fused-ring (bicyclic) bond motifs is 2. The first-order valence-corrected chi connectivity index (χ1v) is 6.94. The molecule has 0 fully saturated rings. The zero-order valence-corrected chi connectivity index (χ0v) is 11.7. The Morgan fingerprint density at radius 3 is 3.24 bits per heavy atom. The topological polar surface area (TPSA) is 63.6 Å². The summed E-state index contributed by atoms with van der Waals surface area (Å²) in [7, 11) is 0. The lowest BCUT2D eigenvalue weighted by Crippen LogP contribution is -2.35. The predicted octanol–water partition coefficient (Wildman–Crippen LogP) is 2.17. The lowest BCUT2D eigenvalue weighted by Gasteiger charge is -2.25. The average Bonchev–Trinajstić information content (AvgIpc) is 3.11. The molecule has 1 aliphatic heterocycles. The molecule has 0 atom stereocenters. The fourth-order valence-electron chi connectivity index (χ4n) is 2.54. The van der Waals surface area contributed by atoms with Gasteiger partial charge in [0.25, 0.3) is 5.91 Å². The van der Waals surface area contributed by atoms with E-state index in [2.05, 4.69) is 10.1 Å².